The summed E-state index contributed by atoms with van der Waals surface area (Å²) in [6.07, 6.45) is 0.603. The largest absolute Gasteiger partial charge is 0.309 e. The molecule has 0 bridgehead atoms. The molecule has 3 aromatic heterocycles. The van der Waals surface area contributed by atoms with Gasteiger partial charge in [-0.15, -0.1) is 11.3 Å². The third-order valence-corrected chi connectivity index (χ3v) is 10.7. The molecule has 0 atom stereocenters. The average Bonchev–Trinajstić information content (AvgIpc) is 3.71. The number of para-hydroxylation sites is 2. The van der Waals surface area contributed by atoms with Gasteiger partial charge in [-0.1, -0.05) is 109 Å². The average molecular weight is 645 g/mol. The number of hydrogen-bond acceptors (Lipinski definition) is 4. The molecule has 0 saturated carbocycles. The lowest BCUT2D eigenvalue weighted by Crippen LogP contribution is -2.04. The van der Waals surface area contributed by atoms with E-state index in [9.17, 15) is 0 Å². The van der Waals surface area contributed by atoms with Crippen LogP contribution >= 0.6 is 11.3 Å². The molecule has 230 valence electrons. The summed E-state index contributed by atoms with van der Waals surface area (Å²) in [5.41, 5.74) is 6.66. The molecular formula is C44H28N4S. The van der Waals surface area contributed by atoms with Gasteiger partial charge in [0.15, 0.2) is 11.6 Å². The van der Waals surface area contributed by atoms with Crippen LogP contribution in [-0.2, 0) is 6.42 Å². The molecule has 10 aromatic rings. The molecule has 0 spiro atoms. The first-order valence-electron chi connectivity index (χ1n) is 16.5. The number of thiophene rings is 1. The normalized spacial score (nSPS) is 11.8. The fraction of sp³-hybridized carbons (Fsp3) is 0.0227. The Kier molecular flexibility index (Phi) is 6.39. The second-order valence-electron chi connectivity index (χ2n) is 12.4. The third kappa shape index (κ3) is 4.62. The van der Waals surface area contributed by atoms with Crippen molar-refractivity contribution in [1.82, 2.24) is 19.5 Å². The van der Waals surface area contributed by atoms with E-state index >= 15 is 0 Å². The zero-order valence-electron chi connectivity index (χ0n) is 26.4. The second-order valence-corrected chi connectivity index (χ2v) is 13.5. The predicted octanol–water partition coefficient (Wildman–Crippen LogP) is 11.4. The molecule has 0 N–H and O–H groups in total. The zero-order valence-corrected chi connectivity index (χ0v) is 27.2. The van der Waals surface area contributed by atoms with Crippen LogP contribution in [0, 0.1) is 0 Å². The molecule has 0 fully saturated rings. The van der Waals surface area contributed by atoms with Crippen molar-refractivity contribution >= 4 is 64.1 Å². The van der Waals surface area contributed by atoms with Crippen molar-refractivity contribution < 1.29 is 0 Å². The summed E-state index contributed by atoms with van der Waals surface area (Å²) in [7, 11) is 0. The Balaban J connectivity index is 1.14. The van der Waals surface area contributed by atoms with Crippen LogP contribution in [-0.4, -0.2) is 19.5 Å². The van der Waals surface area contributed by atoms with E-state index < -0.39 is 0 Å². The predicted molar refractivity (Wildman–Crippen MR) is 205 cm³/mol. The smallest absolute Gasteiger partial charge is 0.165 e. The Labute approximate surface area is 286 Å². The van der Waals surface area contributed by atoms with E-state index in [1.54, 1.807) is 11.3 Å². The number of fused-ring (bicyclic) bond motifs is 7. The zero-order chi connectivity index (χ0) is 32.3. The van der Waals surface area contributed by atoms with Gasteiger partial charge < -0.3 is 4.57 Å². The molecule has 0 amide bonds. The number of hydrogen-bond donors (Lipinski definition) is 0. The van der Waals surface area contributed by atoms with Crippen LogP contribution in [0.25, 0.3) is 81.2 Å². The summed E-state index contributed by atoms with van der Waals surface area (Å²) < 4.78 is 4.79. The molecule has 0 saturated heterocycles. The van der Waals surface area contributed by atoms with Crippen molar-refractivity contribution in [3.05, 3.63) is 169 Å². The number of rotatable bonds is 5. The minimum Gasteiger partial charge on any atom is -0.309 e. The van der Waals surface area contributed by atoms with Gasteiger partial charge in [0.2, 0.25) is 0 Å². The third-order valence-electron chi connectivity index (χ3n) is 9.52. The van der Waals surface area contributed by atoms with E-state index in [4.69, 9.17) is 15.0 Å². The summed E-state index contributed by atoms with van der Waals surface area (Å²) in [4.78, 5) is 15.4. The Hall–Kier alpha value is -6.17. The SMILES string of the molecule is c1ccc2c(Cc3nc(-c4ccc(-n5c6ccccc6c6ccccc65)cc4)nc(-c4cccc5c4sc4ccccc45)n3)cccc2c1. The fourth-order valence-corrected chi connectivity index (χ4v) is 8.46. The molecular weight excluding hydrogens is 617 g/mol. The molecule has 0 unspecified atom stereocenters. The minimum absolute atomic E-state index is 0.603. The van der Waals surface area contributed by atoms with E-state index in [0.29, 0.717) is 18.1 Å². The van der Waals surface area contributed by atoms with E-state index in [1.165, 1.54) is 58.3 Å². The maximum atomic E-state index is 5.17. The number of aromatic nitrogens is 4. The van der Waals surface area contributed by atoms with Crippen LogP contribution < -0.4 is 0 Å². The van der Waals surface area contributed by atoms with Crippen LogP contribution in [0.4, 0.5) is 0 Å². The lowest BCUT2D eigenvalue weighted by atomic mass is 10.0. The number of nitrogens with zero attached hydrogens (tertiary/aromatic N) is 4. The highest BCUT2D eigenvalue weighted by atomic mass is 32.1. The Bertz CT molecular complexity index is 2810. The lowest BCUT2D eigenvalue weighted by molar-refractivity contribution is 0.937. The molecule has 49 heavy (non-hydrogen) atoms. The highest BCUT2D eigenvalue weighted by Crippen LogP contribution is 2.39. The van der Waals surface area contributed by atoms with E-state index in [0.717, 1.165) is 22.6 Å². The summed E-state index contributed by atoms with van der Waals surface area (Å²) in [6.45, 7) is 0. The van der Waals surface area contributed by atoms with Crippen molar-refractivity contribution in [2.75, 3.05) is 0 Å². The Morgan fingerprint density at radius 1 is 0.469 bits per heavy atom. The minimum atomic E-state index is 0.603. The monoisotopic (exact) mass is 644 g/mol. The highest BCUT2D eigenvalue weighted by molar-refractivity contribution is 7.26. The molecule has 4 nitrogen and oxygen atoms in total. The van der Waals surface area contributed by atoms with Gasteiger partial charge in [0, 0.05) is 54.2 Å². The fourth-order valence-electron chi connectivity index (χ4n) is 7.25. The Morgan fingerprint density at radius 2 is 1.08 bits per heavy atom. The maximum absolute atomic E-state index is 5.17. The summed E-state index contributed by atoms with van der Waals surface area (Å²) in [5.74, 6) is 2.12. The summed E-state index contributed by atoms with van der Waals surface area (Å²) in [5, 5.41) is 7.41. The van der Waals surface area contributed by atoms with Crippen LogP contribution in [0.15, 0.2) is 158 Å². The van der Waals surface area contributed by atoms with E-state index in [1.807, 2.05) is 0 Å². The van der Waals surface area contributed by atoms with Gasteiger partial charge in [0.1, 0.15) is 5.82 Å². The van der Waals surface area contributed by atoms with Gasteiger partial charge in [0.25, 0.3) is 0 Å². The van der Waals surface area contributed by atoms with E-state index in [2.05, 4.69) is 162 Å². The molecule has 7 aromatic carbocycles. The van der Waals surface area contributed by atoms with Crippen molar-refractivity contribution in [2.24, 2.45) is 0 Å². The molecule has 3 heterocycles. The van der Waals surface area contributed by atoms with Gasteiger partial charge in [-0.05, 0) is 64.9 Å². The summed E-state index contributed by atoms with van der Waals surface area (Å²) >= 11 is 1.80. The molecule has 10 rings (SSSR count). The molecule has 5 heteroatoms. The molecule has 0 radical (unpaired) electrons. The van der Waals surface area contributed by atoms with Gasteiger partial charge in [-0.25, -0.2) is 15.0 Å². The van der Waals surface area contributed by atoms with Crippen molar-refractivity contribution in [2.45, 2.75) is 6.42 Å². The van der Waals surface area contributed by atoms with Crippen LogP contribution in [0.5, 0.6) is 0 Å². The summed E-state index contributed by atoms with van der Waals surface area (Å²) in [6, 6.07) is 55.8. The topological polar surface area (TPSA) is 43.6 Å². The van der Waals surface area contributed by atoms with Crippen LogP contribution in [0.1, 0.15) is 11.4 Å². The van der Waals surface area contributed by atoms with Gasteiger partial charge >= 0.3 is 0 Å². The van der Waals surface area contributed by atoms with Crippen LogP contribution in [0.2, 0.25) is 0 Å². The van der Waals surface area contributed by atoms with Crippen molar-refractivity contribution in [1.29, 1.82) is 0 Å². The quantitative estimate of drug-likeness (QED) is 0.187. The first-order valence-corrected chi connectivity index (χ1v) is 17.3. The first kappa shape index (κ1) is 27.9. The van der Waals surface area contributed by atoms with E-state index in [-0.39, 0.29) is 0 Å². The van der Waals surface area contributed by atoms with Gasteiger partial charge in [0.05, 0.1) is 11.0 Å². The number of benzene rings is 7. The Morgan fingerprint density at radius 3 is 1.88 bits per heavy atom. The van der Waals surface area contributed by atoms with Gasteiger partial charge in [-0.3, -0.25) is 0 Å². The first-order chi connectivity index (χ1) is 24.3. The highest BCUT2D eigenvalue weighted by Gasteiger charge is 2.17. The second kappa shape index (κ2) is 11.2. The maximum Gasteiger partial charge on any atom is 0.165 e. The van der Waals surface area contributed by atoms with Crippen molar-refractivity contribution in [3.8, 4) is 28.5 Å². The van der Waals surface area contributed by atoms with Crippen LogP contribution in [0.3, 0.4) is 0 Å². The molecule has 0 aliphatic carbocycles. The van der Waals surface area contributed by atoms with Crippen molar-refractivity contribution in [3.63, 3.8) is 0 Å². The standard InChI is InChI=1S/C44H28N4S/c1-2-14-32-28(11-1)12-9-13-30(32)27-41-45-43(47-44(46-41)37-19-10-18-36-35-17-5-8-22-40(35)49-42(36)37)29-23-25-31(26-24-29)48-38-20-6-3-15-33(38)34-16-4-7-21-39(34)48/h1-26H,27H2. The molecule has 0 aliphatic rings. The lowest BCUT2D eigenvalue weighted by Gasteiger charge is -2.12. The van der Waals surface area contributed by atoms with Gasteiger partial charge in [-0.2, -0.15) is 0 Å². The molecule has 0 aliphatic heterocycles.